The van der Waals surface area contributed by atoms with E-state index in [1.54, 1.807) is 12.1 Å². The van der Waals surface area contributed by atoms with Gasteiger partial charge in [-0.05, 0) is 19.1 Å². The number of aliphatic hydroxyl groups is 1. The molecule has 0 aromatic heterocycles. The zero-order valence-electron chi connectivity index (χ0n) is 11.6. The normalized spacial score (nSPS) is 23.8. The Bertz CT molecular complexity index is 466. The molecule has 2 atom stereocenters. The number of carbonyl (C=O) groups is 1. The molecule has 20 heavy (non-hydrogen) atoms. The Morgan fingerprint density at radius 2 is 2.20 bits per heavy atom. The van der Waals surface area contributed by atoms with Crippen molar-refractivity contribution in [2.24, 2.45) is 0 Å². The van der Waals surface area contributed by atoms with Crippen LogP contribution in [0, 0.1) is 5.82 Å². The molecule has 1 aromatic rings. The highest BCUT2D eigenvalue weighted by Gasteiger charge is 2.25. The summed E-state index contributed by atoms with van der Waals surface area (Å²) in [7, 11) is 0. The third kappa shape index (κ3) is 3.85. The Balaban J connectivity index is 1.89. The lowest BCUT2D eigenvalue weighted by atomic mass is 10.1. The number of Topliss-reactive ketones (excluding diaryl/α,β-unsaturated/α-hetero) is 1. The van der Waals surface area contributed by atoms with Crippen LogP contribution in [0.2, 0.25) is 0 Å². The maximum Gasteiger partial charge on any atom is 0.167 e. The molecule has 1 fully saturated rings. The van der Waals surface area contributed by atoms with Crippen LogP contribution in [-0.2, 0) is 4.74 Å². The van der Waals surface area contributed by atoms with Crippen molar-refractivity contribution in [1.82, 2.24) is 4.90 Å². The monoisotopic (exact) mass is 281 g/mol. The fourth-order valence-corrected chi connectivity index (χ4v) is 2.51. The summed E-state index contributed by atoms with van der Waals surface area (Å²) in [6.07, 6.45) is 0.0954. The highest BCUT2D eigenvalue weighted by atomic mass is 19.1. The summed E-state index contributed by atoms with van der Waals surface area (Å²) < 4.78 is 19.0. The van der Waals surface area contributed by atoms with Crippen molar-refractivity contribution in [3.8, 4) is 0 Å². The number of ketones is 1. The van der Waals surface area contributed by atoms with Crippen LogP contribution in [-0.4, -0.2) is 54.2 Å². The number of carbonyl (C=O) groups excluding carboxylic acids is 1. The van der Waals surface area contributed by atoms with Crippen molar-refractivity contribution in [3.63, 3.8) is 0 Å². The van der Waals surface area contributed by atoms with Crippen LogP contribution in [0.1, 0.15) is 23.7 Å². The highest BCUT2D eigenvalue weighted by Crippen LogP contribution is 2.13. The van der Waals surface area contributed by atoms with E-state index in [2.05, 4.69) is 4.90 Å². The number of nitrogens with zero attached hydrogens (tertiary/aromatic N) is 1. The minimum absolute atomic E-state index is 0.0257. The third-order valence-electron chi connectivity index (χ3n) is 3.43. The van der Waals surface area contributed by atoms with E-state index in [-0.39, 0.29) is 36.6 Å². The van der Waals surface area contributed by atoms with Gasteiger partial charge in [0, 0.05) is 26.1 Å². The lowest BCUT2D eigenvalue weighted by molar-refractivity contribution is -0.0947. The fraction of sp³-hybridized carbons (Fsp3) is 0.533. The van der Waals surface area contributed by atoms with Gasteiger partial charge in [-0.25, -0.2) is 4.39 Å². The van der Waals surface area contributed by atoms with Gasteiger partial charge in [0.1, 0.15) is 5.82 Å². The smallest absolute Gasteiger partial charge is 0.167 e. The summed E-state index contributed by atoms with van der Waals surface area (Å²) in [4.78, 5) is 14.1. The highest BCUT2D eigenvalue weighted by molar-refractivity contribution is 5.96. The van der Waals surface area contributed by atoms with Gasteiger partial charge in [0.15, 0.2) is 5.78 Å². The third-order valence-corrected chi connectivity index (χ3v) is 3.43. The number of ether oxygens (including phenoxy) is 1. The number of hydrogen-bond donors (Lipinski definition) is 1. The van der Waals surface area contributed by atoms with Gasteiger partial charge in [0.25, 0.3) is 0 Å². The quantitative estimate of drug-likeness (QED) is 0.831. The lowest BCUT2D eigenvalue weighted by Crippen LogP contribution is -2.48. The number of rotatable bonds is 5. The Hall–Kier alpha value is -1.30. The maximum atomic E-state index is 13.5. The van der Waals surface area contributed by atoms with Gasteiger partial charge < -0.3 is 9.84 Å². The van der Waals surface area contributed by atoms with E-state index >= 15 is 0 Å². The molecule has 0 radical (unpaired) electrons. The van der Waals surface area contributed by atoms with Crippen molar-refractivity contribution in [1.29, 1.82) is 0 Å². The first-order valence-electron chi connectivity index (χ1n) is 6.86. The van der Waals surface area contributed by atoms with Crippen LogP contribution < -0.4 is 0 Å². The van der Waals surface area contributed by atoms with E-state index < -0.39 is 5.82 Å². The average molecular weight is 281 g/mol. The predicted octanol–water partition coefficient (Wildman–Crippen LogP) is 1.48. The van der Waals surface area contributed by atoms with Crippen LogP contribution in [0.15, 0.2) is 24.3 Å². The molecule has 2 unspecified atom stereocenters. The molecule has 1 aromatic carbocycles. The molecular weight excluding hydrogens is 261 g/mol. The molecule has 0 saturated carbocycles. The van der Waals surface area contributed by atoms with Crippen molar-refractivity contribution in [3.05, 3.63) is 35.6 Å². The molecule has 1 aliphatic rings. The maximum absolute atomic E-state index is 13.5. The largest absolute Gasteiger partial charge is 0.394 e. The SMILES string of the molecule is CC1CN(CCC(=O)c2ccccc2F)CC(CO)O1. The van der Waals surface area contributed by atoms with E-state index in [0.29, 0.717) is 13.1 Å². The summed E-state index contributed by atoms with van der Waals surface area (Å²) in [5, 5.41) is 9.15. The van der Waals surface area contributed by atoms with Crippen molar-refractivity contribution < 1.29 is 19.0 Å². The molecule has 0 bridgehead atoms. The van der Waals surface area contributed by atoms with E-state index in [9.17, 15) is 9.18 Å². The number of aliphatic hydroxyl groups excluding tert-OH is 1. The predicted molar refractivity (Wildman–Crippen MR) is 73.2 cm³/mol. The lowest BCUT2D eigenvalue weighted by Gasteiger charge is -2.35. The van der Waals surface area contributed by atoms with Crippen molar-refractivity contribution >= 4 is 5.78 Å². The fourth-order valence-electron chi connectivity index (χ4n) is 2.51. The van der Waals surface area contributed by atoms with Crippen LogP contribution in [0.4, 0.5) is 4.39 Å². The topological polar surface area (TPSA) is 49.8 Å². The Kier molecular flexibility index (Phi) is 5.23. The summed E-state index contributed by atoms with van der Waals surface area (Å²) in [6.45, 7) is 3.79. The first kappa shape index (κ1) is 15.1. The second-order valence-electron chi connectivity index (χ2n) is 5.16. The Morgan fingerprint density at radius 1 is 1.45 bits per heavy atom. The molecular formula is C15H20FNO3. The second kappa shape index (κ2) is 6.92. The Labute approximate surface area is 118 Å². The number of hydrogen-bond acceptors (Lipinski definition) is 4. The first-order valence-corrected chi connectivity index (χ1v) is 6.86. The van der Waals surface area contributed by atoms with E-state index in [1.165, 1.54) is 12.1 Å². The van der Waals surface area contributed by atoms with Gasteiger partial charge in [-0.1, -0.05) is 12.1 Å². The summed E-state index contributed by atoms with van der Waals surface area (Å²) in [6, 6.07) is 6.04. The van der Waals surface area contributed by atoms with E-state index in [1.807, 2.05) is 6.92 Å². The minimum atomic E-state index is -0.471. The molecule has 0 spiro atoms. The molecule has 1 heterocycles. The molecule has 1 saturated heterocycles. The van der Waals surface area contributed by atoms with Crippen LogP contribution >= 0.6 is 0 Å². The second-order valence-corrected chi connectivity index (χ2v) is 5.16. The van der Waals surface area contributed by atoms with Gasteiger partial charge in [-0.3, -0.25) is 9.69 Å². The molecule has 0 aliphatic carbocycles. The van der Waals surface area contributed by atoms with Crippen LogP contribution in [0.25, 0.3) is 0 Å². The van der Waals surface area contributed by atoms with Gasteiger partial charge in [0.05, 0.1) is 24.4 Å². The van der Waals surface area contributed by atoms with Gasteiger partial charge >= 0.3 is 0 Å². The summed E-state index contributed by atoms with van der Waals surface area (Å²) >= 11 is 0. The Morgan fingerprint density at radius 3 is 2.90 bits per heavy atom. The zero-order valence-corrected chi connectivity index (χ0v) is 11.6. The number of morpholine rings is 1. The number of halogens is 1. The van der Waals surface area contributed by atoms with Gasteiger partial charge in [-0.2, -0.15) is 0 Å². The molecule has 110 valence electrons. The van der Waals surface area contributed by atoms with Gasteiger partial charge in [-0.15, -0.1) is 0 Å². The van der Waals surface area contributed by atoms with E-state index in [4.69, 9.17) is 9.84 Å². The molecule has 1 aliphatic heterocycles. The standard InChI is InChI=1S/C15H20FNO3/c1-11-8-17(9-12(10-18)20-11)7-6-15(19)13-4-2-3-5-14(13)16/h2-5,11-12,18H,6-10H2,1H3. The van der Waals surface area contributed by atoms with Crippen LogP contribution in [0.5, 0.6) is 0 Å². The molecule has 2 rings (SSSR count). The van der Waals surface area contributed by atoms with Gasteiger partial charge in [0.2, 0.25) is 0 Å². The molecule has 0 amide bonds. The van der Waals surface area contributed by atoms with Crippen molar-refractivity contribution in [2.45, 2.75) is 25.6 Å². The van der Waals surface area contributed by atoms with Crippen molar-refractivity contribution in [2.75, 3.05) is 26.2 Å². The number of benzene rings is 1. The molecule has 5 heteroatoms. The van der Waals surface area contributed by atoms with E-state index in [0.717, 1.165) is 6.54 Å². The minimum Gasteiger partial charge on any atom is -0.394 e. The summed E-state index contributed by atoms with van der Waals surface area (Å²) in [5.41, 5.74) is 0.146. The van der Waals surface area contributed by atoms with Crippen LogP contribution in [0.3, 0.4) is 0 Å². The average Bonchev–Trinajstić information content (AvgIpc) is 2.44. The summed E-state index contributed by atoms with van der Waals surface area (Å²) in [5.74, 6) is -0.663. The molecule has 4 nitrogen and oxygen atoms in total. The molecule has 1 N–H and O–H groups in total. The zero-order chi connectivity index (χ0) is 14.5. The first-order chi connectivity index (χ1) is 9.60.